The number of piperidine rings is 1. The molecule has 3 atom stereocenters. The van der Waals surface area contributed by atoms with Gasteiger partial charge in [-0.1, -0.05) is 6.07 Å². The van der Waals surface area contributed by atoms with Crippen molar-refractivity contribution in [1.29, 1.82) is 0 Å². The van der Waals surface area contributed by atoms with E-state index >= 15 is 0 Å². The summed E-state index contributed by atoms with van der Waals surface area (Å²) < 4.78 is 0. The molecule has 2 nitrogen and oxygen atoms in total. The number of hydrogen-bond donors (Lipinski definition) is 1. The molecule has 0 spiro atoms. The highest BCUT2D eigenvalue weighted by atomic mass is 15.0. The molecule has 1 saturated heterocycles. The molecule has 1 aliphatic heterocycles. The van der Waals surface area contributed by atoms with Crippen LogP contribution in [0, 0.1) is 18.8 Å². The van der Waals surface area contributed by atoms with Crippen molar-refractivity contribution in [3.63, 3.8) is 0 Å². The van der Waals surface area contributed by atoms with Crippen LogP contribution in [0.4, 0.5) is 0 Å². The molecule has 0 bridgehead atoms. The third kappa shape index (κ3) is 1.17. The first kappa shape index (κ1) is 7.51. The number of aryl methyl sites for hydroxylation is 1. The second kappa shape index (κ2) is 2.55. The summed E-state index contributed by atoms with van der Waals surface area (Å²) in [5.41, 5.74) is 2.48. The van der Waals surface area contributed by atoms with Gasteiger partial charge in [-0.2, -0.15) is 0 Å². The molecule has 1 saturated carbocycles. The lowest BCUT2D eigenvalue weighted by atomic mass is 10.1. The zero-order valence-corrected chi connectivity index (χ0v) is 7.83. The molecular formula is C11H14N2. The molecule has 13 heavy (non-hydrogen) atoms. The molecule has 0 amide bonds. The molecule has 0 radical (unpaired) electrons. The molecule has 68 valence electrons. The van der Waals surface area contributed by atoms with Crippen molar-refractivity contribution in [3.8, 4) is 0 Å². The Morgan fingerprint density at radius 3 is 2.92 bits per heavy atom. The number of aromatic nitrogens is 1. The average Bonchev–Trinajstić information content (AvgIpc) is 2.81. The van der Waals surface area contributed by atoms with E-state index in [0.29, 0.717) is 6.04 Å². The lowest BCUT2D eigenvalue weighted by molar-refractivity contribution is 0.561. The van der Waals surface area contributed by atoms with Gasteiger partial charge in [0.2, 0.25) is 0 Å². The molecule has 2 heteroatoms. The van der Waals surface area contributed by atoms with Gasteiger partial charge in [-0.25, -0.2) is 0 Å². The maximum absolute atomic E-state index is 4.34. The topological polar surface area (TPSA) is 24.9 Å². The largest absolute Gasteiger partial charge is 0.309 e. The zero-order chi connectivity index (χ0) is 8.84. The molecule has 0 aromatic carbocycles. The van der Waals surface area contributed by atoms with E-state index in [0.717, 1.165) is 17.5 Å². The van der Waals surface area contributed by atoms with Crippen LogP contribution in [0.25, 0.3) is 0 Å². The van der Waals surface area contributed by atoms with E-state index in [1.807, 2.05) is 13.1 Å². The molecule has 3 rings (SSSR count). The number of hydrogen-bond acceptors (Lipinski definition) is 2. The molecule has 1 aromatic heterocycles. The second-order valence-corrected chi connectivity index (χ2v) is 4.28. The second-order valence-electron chi connectivity index (χ2n) is 4.28. The van der Waals surface area contributed by atoms with Crippen LogP contribution < -0.4 is 5.32 Å². The summed E-state index contributed by atoms with van der Waals surface area (Å²) >= 11 is 0. The van der Waals surface area contributed by atoms with Crippen molar-refractivity contribution in [1.82, 2.24) is 10.3 Å². The summed E-state index contributed by atoms with van der Waals surface area (Å²) in [7, 11) is 0. The summed E-state index contributed by atoms with van der Waals surface area (Å²) in [6.07, 6.45) is 3.44. The van der Waals surface area contributed by atoms with Crippen LogP contribution in [0.1, 0.15) is 23.7 Å². The van der Waals surface area contributed by atoms with Gasteiger partial charge in [0.1, 0.15) is 0 Å². The Hall–Kier alpha value is -0.890. The SMILES string of the molecule is Cc1ccc(C2NCC3CC32)cn1. The molecule has 1 N–H and O–H groups in total. The first-order valence-corrected chi connectivity index (χ1v) is 5.00. The van der Waals surface area contributed by atoms with Crippen molar-refractivity contribution in [2.24, 2.45) is 11.8 Å². The van der Waals surface area contributed by atoms with Gasteiger partial charge in [-0.15, -0.1) is 0 Å². The standard InChI is InChI=1S/C11H14N2/c1-7-2-3-8(5-12-7)11-10-4-9(10)6-13-11/h2-3,5,9-11,13H,4,6H2,1H3. The highest BCUT2D eigenvalue weighted by molar-refractivity contribution is 5.22. The highest BCUT2D eigenvalue weighted by Gasteiger charge is 2.48. The zero-order valence-electron chi connectivity index (χ0n) is 7.83. The minimum absolute atomic E-state index is 0.595. The van der Waals surface area contributed by atoms with E-state index in [-0.39, 0.29) is 0 Å². The van der Waals surface area contributed by atoms with Gasteiger partial charge in [-0.3, -0.25) is 4.98 Å². The summed E-state index contributed by atoms with van der Waals surface area (Å²) in [5.74, 6) is 1.87. The lowest BCUT2D eigenvalue weighted by Crippen LogP contribution is -2.18. The van der Waals surface area contributed by atoms with E-state index in [1.54, 1.807) is 0 Å². The van der Waals surface area contributed by atoms with Crippen molar-refractivity contribution in [2.75, 3.05) is 6.54 Å². The van der Waals surface area contributed by atoms with Crippen LogP contribution in [0.5, 0.6) is 0 Å². The Morgan fingerprint density at radius 1 is 1.46 bits per heavy atom. The summed E-state index contributed by atoms with van der Waals surface area (Å²) in [4.78, 5) is 4.34. The quantitative estimate of drug-likeness (QED) is 0.700. The molecular weight excluding hydrogens is 160 g/mol. The minimum atomic E-state index is 0.595. The fraction of sp³-hybridized carbons (Fsp3) is 0.545. The first-order chi connectivity index (χ1) is 6.34. The molecule has 2 heterocycles. The normalized spacial score (nSPS) is 35.9. The van der Waals surface area contributed by atoms with Crippen LogP contribution in [0.2, 0.25) is 0 Å². The Bertz CT molecular complexity index is 317. The first-order valence-electron chi connectivity index (χ1n) is 5.00. The number of rotatable bonds is 1. The van der Waals surface area contributed by atoms with E-state index in [2.05, 4.69) is 22.4 Å². The van der Waals surface area contributed by atoms with Gasteiger partial charge in [0.15, 0.2) is 0 Å². The van der Waals surface area contributed by atoms with Gasteiger partial charge in [0.05, 0.1) is 0 Å². The predicted octanol–water partition coefficient (Wildman–Crippen LogP) is 1.67. The summed E-state index contributed by atoms with van der Waals surface area (Å²) in [6, 6.07) is 4.91. The Balaban J connectivity index is 1.87. The van der Waals surface area contributed by atoms with Crippen LogP contribution in [0.15, 0.2) is 18.3 Å². The van der Waals surface area contributed by atoms with Gasteiger partial charge < -0.3 is 5.32 Å². The molecule has 2 fully saturated rings. The third-order valence-electron chi connectivity index (χ3n) is 3.30. The summed E-state index contributed by atoms with van der Waals surface area (Å²) in [6.45, 7) is 3.25. The van der Waals surface area contributed by atoms with E-state index in [1.165, 1.54) is 18.5 Å². The van der Waals surface area contributed by atoms with Crippen molar-refractivity contribution in [2.45, 2.75) is 19.4 Å². The molecule has 2 aliphatic rings. The smallest absolute Gasteiger partial charge is 0.0372 e. The maximum atomic E-state index is 4.34. The van der Waals surface area contributed by atoms with Crippen LogP contribution in [-0.4, -0.2) is 11.5 Å². The molecule has 1 aliphatic carbocycles. The Kier molecular flexibility index (Phi) is 1.47. The average molecular weight is 174 g/mol. The lowest BCUT2D eigenvalue weighted by Gasteiger charge is -2.12. The highest BCUT2D eigenvalue weighted by Crippen LogP contribution is 2.51. The van der Waals surface area contributed by atoms with E-state index in [4.69, 9.17) is 0 Å². The Labute approximate surface area is 78.4 Å². The monoisotopic (exact) mass is 174 g/mol. The summed E-state index contributed by atoms with van der Waals surface area (Å²) in [5, 5.41) is 3.55. The van der Waals surface area contributed by atoms with Crippen LogP contribution in [-0.2, 0) is 0 Å². The Morgan fingerprint density at radius 2 is 2.38 bits per heavy atom. The third-order valence-corrected chi connectivity index (χ3v) is 3.30. The van der Waals surface area contributed by atoms with E-state index in [9.17, 15) is 0 Å². The number of pyridine rings is 1. The molecule has 1 aromatic rings. The fourth-order valence-electron chi connectivity index (χ4n) is 2.37. The number of nitrogens with one attached hydrogen (secondary N) is 1. The molecule has 3 unspecified atom stereocenters. The van der Waals surface area contributed by atoms with Crippen molar-refractivity contribution < 1.29 is 0 Å². The maximum Gasteiger partial charge on any atom is 0.0372 e. The van der Waals surface area contributed by atoms with E-state index < -0.39 is 0 Å². The van der Waals surface area contributed by atoms with Crippen molar-refractivity contribution in [3.05, 3.63) is 29.6 Å². The number of nitrogens with zero attached hydrogens (tertiary/aromatic N) is 1. The van der Waals surface area contributed by atoms with Crippen molar-refractivity contribution >= 4 is 0 Å². The van der Waals surface area contributed by atoms with Gasteiger partial charge in [0, 0.05) is 17.9 Å². The van der Waals surface area contributed by atoms with Gasteiger partial charge in [0.25, 0.3) is 0 Å². The van der Waals surface area contributed by atoms with Gasteiger partial charge >= 0.3 is 0 Å². The van der Waals surface area contributed by atoms with Gasteiger partial charge in [-0.05, 0) is 43.4 Å². The fourth-order valence-corrected chi connectivity index (χ4v) is 2.37. The van der Waals surface area contributed by atoms with Crippen LogP contribution >= 0.6 is 0 Å². The predicted molar refractivity (Wildman–Crippen MR) is 51.3 cm³/mol. The minimum Gasteiger partial charge on any atom is -0.309 e. The number of fused-ring (bicyclic) bond motifs is 1. The van der Waals surface area contributed by atoms with Crippen LogP contribution in [0.3, 0.4) is 0 Å².